The molecule has 6 heteroatoms. The van der Waals surface area contributed by atoms with Crippen LogP contribution in [0.4, 0.5) is 4.39 Å². The fraction of sp³-hybridized carbons (Fsp3) is 0.588. The molecule has 5 nitrogen and oxygen atoms in total. The molecule has 0 radical (unpaired) electrons. The van der Waals surface area contributed by atoms with Gasteiger partial charge in [-0.3, -0.25) is 4.79 Å². The molecule has 1 aliphatic heterocycles. The predicted octanol–water partition coefficient (Wildman–Crippen LogP) is 1.03. The molecule has 0 spiro atoms. The van der Waals surface area contributed by atoms with Gasteiger partial charge < -0.3 is 21.1 Å². The maximum atomic E-state index is 13.0. The lowest BCUT2D eigenvalue weighted by Gasteiger charge is -2.33. The molecule has 1 aromatic rings. The number of likely N-dealkylation sites (tertiary alicyclic amines) is 1. The first-order valence-electron chi connectivity index (χ1n) is 8.14. The van der Waals surface area contributed by atoms with E-state index in [4.69, 9.17) is 5.73 Å². The van der Waals surface area contributed by atoms with Crippen molar-refractivity contribution in [3.05, 3.63) is 35.6 Å². The van der Waals surface area contributed by atoms with E-state index >= 15 is 0 Å². The van der Waals surface area contributed by atoms with Gasteiger partial charge in [0.2, 0.25) is 5.91 Å². The Kier molecular flexibility index (Phi) is 6.50. The molecule has 0 unspecified atom stereocenters. The van der Waals surface area contributed by atoms with E-state index in [1.165, 1.54) is 12.1 Å². The van der Waals surface area contributed by atoms with Crippen molar-refractivity contribution < 1.29 is 14.3 Å². The summed E-state index contributed by atoms with van der Waals surface area (Å²) in [6, 6.07) is 5.25. The number of rotatable bonds is 7. The molecule has 1 fully saturated rings. The van der Waals surface area contributed by atoms with Crippen molar-refractivity contribution >= 4 is 5.91 Å². The van der Waals surface area contributed by atoms with Gasteiger partial charge in [-0.1, -0.05) is 12.1 Å². The number of nitrogens with two attached hydrogens (primary N) is 1. The van der Waals surface area contributed by atoms with E-state index in [9.17, 15) is 14.3 Å². The number of hydrogen-bond acceptors (Lipinski definition) is 4. The van der Waals surface area contributed by atoms with Gasteiger partial charge in [-0.2, -0.15) is 0 Å². The highest BCUT2D eigenvalue weighted by atomic mass is 19.1. The molecule has 1 saturated heterocycles. The van der Waals surface area contributed by atoms with Crippen molar-refractivity contribution in [3.8, 4) is 0 Å². The van der Waals surface area contributed by atoms with E-state index < -0.39 is 11.9 Å². The number of hydrogen-bond donors (Lipinski definition) is 3. The predicted molar refractivity (Wildman–Crippen MR) is 87.2 cm³/mol. The minimum absolute atomic E-state index is 0.303. The monoisotopic (exact) mass is 323 g/mol. The maximum absolute atomic E-state index is 13.0. The summed E-state index contributed by atoms with van der Waals surface area (Å²) in [5, 5.41) is 12.6. The Balaban J connectivity index is 1.83. The largest absolute Gasteiger partial charge is 0.392 e. The fourth-order valence-electron chi connectivity index (χ4n) is 3.07. The van der Waals surface area contributed by atoms with Crippen LogP contribution in [0.3, 0.4) is 0 Å². The number of nitrogens with one attached hydrogen (secondary N) is 1. The zero-order valence-electron chi connectivity index (χ0n) is 13.5. The average molecular weight is 323 g/mol. The van der Waals surface area contributed by atoms with Crippen LogP contribution < -0.4 is 11.1 Å². The van der Waals surface area contributed by atoms with Crippen molar-refractivity contribution in [1.82, 2.24) is 10.2 Å². The molecule has 2 rings (SSSR count). The molecule has 1 aliphatic rings. The molecule has 0 aliphatic carbocycles. The van der Waals surface area contributed by atoms with Crippen molar-refractivity contribution in [1.29, 1.82) is 0 Å². The molecule has 23 heavy (non-hydrogen) atoms. The Hall–Kier alpha value is -1.50. The number of halogens is 1. The van der Waals surface area contributed by atoms with Gasteiger partial charge in [0.25, 0.3) is 0 Å². The second-order valence-corrected chi connectivity index (χ2v) is 6.39. The van der Waals surface area contributed by atoms with Crippen molar-refractivity contribution in [3.63, 3.8) is 0 Å². The number of piperidine rings is 1. The fourth-order valence-corrected chi connectivity index (χ4v) is 3.07. The highest BCUT2D eigenvalue weighted by molar-refractivity contribution is 5.81. The first-order chi connectivity index (χ1) is 11.0. The van der Waals surface area contributed by atoms with Crippen LogP contribution in [0.5, 0.6) is 0 Å². The molecule has 1 aromatic carbocycles. The Bertz CT molecular complexity index is 499. The summed E-state index contributed by atoms with van der Waals surface area (Å²) >= 11 is 0. The number of β-amino-alcohol motifs (C(OH)–C–C–N with tert-alkyl or cyclic N) is 1. The highest BCUT2D eigenvalue weighted by Crippen LogP contribution is 2.19. The quantitative estimate of drug-likeness (QED) is 0.700. The van der Waals surface area contributed by atoms with Crippen LogP contribution in [0.25, 0.3) is 0 Å². The summed E-state index contributed by atoms with van der Waals surface area (Å²) in [4.78, 5) is 13.9. The van der Waals surface area contributed by atoms with Crippen LogP contribution >= 0.6 is 0 Å². The molecular formula is C17H26FN3O2. The Labute approximate surface area is 136 Å². The van der Waals surface area contributed by atoms with Crippen LogP contribution in [-0.2, 0) is 4.79 Å². The Morgan fingerprint density at radius 3 is 2.52 bits per heavy atom. The minimum atomic E-state index is -0.592. The second kappa shape index (κ2) is 8.38. The van der Waals surface area contributed by atoms with Crippen molar-refractivity contribution in [2.24, 2.45) is 11.7 Å². The smallest absolute Gasteiger partial charge is 0.239 e. The zero-order valence-corrected chi connectivity index (χ0v) is 13.5. The van der Waals surface area contributed by atoms with E-state index in [1.807, 2.05) is 0 Å². The summed E-state index contributed by atoms with van der Waals surface area (Å²) < 4.78 is 13.0. The molecule has 0 bridgehead atoms. The minimum Gasteiger partial charge on any atom is -0.392 e. The summed E-state index contributed by atoms with van der Waals surface area (Å²) in [6.07, 6.45) is 1.74. The highest BCUT2D eigenvalue weighted by Gasteiger charge is 2.23. The lowest BCUT2D eigenvalue weighted by molar-refractivity contribution is -0.120. The van der Waals surface area contributed by atoms with Crippen LogP contribution in [0, 0.1) is 11.7 Å². The molecule has 1 amide bonds. The van der Waals surface area contributed by atoms with E-state index in [1.54, 1.807) is 19.1 Å². The molecule has 1 heterocycles. The number of aliphatic hydroxyl groups is 1. The number of nitrogens with zero attached hydrogens (tertiary/aromatic N) is 1. The summed E-state index contributed by atoms with van der Waals surface area (Å²) in [5.74, 6) is -0.312. The van der Waals surface area contributed by atoms with Gasteiger partial charge in [0.05, 0.1) is 6.10 Å². The SMILES string of the molecule is C[C@H](O)CN1CCC(CN[C@@H](C(N)=O)c2ccc(F)cc2)CC1. The first-order valence-corrected chi connectivity index (χ1v) is 8.14. The molecule has 4 N–H and O–H groups in total. The standard InChI is InChI=1S/C17H26FN3O2/c1-12(22)11-21-8-6-13(7-9-21)10-20-16(17(19)23)14-2-4-15(18)5-3-14/h2-5,12-13,16,20,22H,6-11H2,1H3,(H2,19,23)/t12-,16+/m0/s1. The number of carbonyl (C=O) groups is 1. The third-order valence-electron chi connectivity index (χ3n) is 4.33. The van der Waals surface area contributed by atoms with Crippen LogP contribution in [0.1, 0.15) is 31.4 Å². The second-order valence-electron chi connectivity index (χ2n) is 6.39. The molecule has 0 saturated carbocycles. The van der Waals surface area contributed by atoms with Gasteiger partial charge in [-0.25, -0.2) is 4.39 Å². The summed E-state index contributed by atoms with van der Waals surface area (Å²) in [5.41, 5.74) is 6.15. The summed E-state index contributed by atoms with van der Waals surface area (Å²) in [7, 11) is 0. The third kappa shape index (κ3) is 5.57. The number of carbonyl (C=O) groups excluding carboxylic acids is 1. The number of primary amides is 1. The van der Waals surface area contributed by atoms with Gasteiger partial charge in [-0.15, -0.1) is 0 Å². The number of benzene rings is 1. The van der Waals surface area contributed by atoms with Crippen LogP contribution in [0.2, 0.25) is 0 Å². The van der Waals surface area contributed by atoms with Crippen LogP contribution in [0.15, 0.2) is 24.3 Å². The van der Waals surface area contributed by atoms with Crippen molar-refractivity contribution in [2.75, 3.05) is 26.2 Å². The van der Waals surface area contributed by atoms with Crippen LogP contribution in [-0.4, -0.2) is 48.2 Å². The Morgan fingerprint density at radius 2 is 2.00 bits per heavy atom. The molecular weight excluding hydrogens is 297 g/mol. The summed E-state index contributed by atoms with van der Waals surface area (Å²) in [6.45, 7) is 5.12. The van der Waals surface area contributed by atoms with E-state index in [0.29, 0.717) is 24.6 Å². The van der Waals surface area contributed by atoms with Gasteiger partial charge in [0.15, 0.2) is 0 Å². The number of aliphatic hydroxyl groups excluding tert-OH is 1. The van der Waals surface area contributed by atoms with Gasteiger partial charge >= 0.3 is 0 Å². The average Bonchev–Trinajstić information content (AvgIpc) is 2.50. The van der Waals surface area contributed by atoms with Crippen molar-refractivity contribution in [2.45, 2.75) is 31.9 Å². The van der Waals surface area contributed by atoms with E-state index in [2.05, 4.69) is 10.2 Å². The molecule has 2 atom stereocenters. The normalized spacial score (nSPS) is 19.4. The third-order valence-corrected chi connectivity index (χ3v) is 4.33. The number of amides is 1. The van der Waals surface area contributed by atoms with Gasteiger partial charge in [0.1, 0.15) is 11.9 Å². The Morgan fingerprint density at radius 1 is 1.39 bits per heavy atom. The van der Waals surface area contributed by atoms with E-state index in [-0.39, 0.29) is 11.9 Å². The lowest BCUT2D eigenvalue weighted by atomic mass is 9.95. The topological polar surface area (TPSA) is 78.6 Å². The maximum Gasteiger partial charge on any atom is 0.239 e. The van der Waals surface area contributed by atoms with Gasteiger partial charge in [-0.05, 0) is 63.0 Å². The van der Waals surface area contributed by atoms with E-state index in [0.717, 1.165) is 25.9 Å². The first kappa shape index (κ1) is 17.8. The molecule has 0 aromatic heterocycles. The molecule has 128 valence electrons. The van der Waals surface area contributed by atoms with Gasteiger partial charge in [0, 0.05) is 6.54 Å². The lowest BCUT2D eigenvalue weighted by Crippen LogP contribution is -2.42. The zero-order chi connectivity index (χ0) is 16.8.